The lowest BCUT2D eigenvalue weighted by Crippen LogP contribution is -2.19. The highest BCUT2D eigenvalue weighted by atomic mass is 16.5. The Morgan fingerprint density at radius 2 is 2.13 bits per heavy atom. The van der Waals surface area contributed by atoms with Gasteiger partial charge in [-0.05, 0) is 25.0 Å². The van der Waals surface area contributed by atoms with E-state index >= 15 is 0 Å². The fourth-order valence-corrected chi connectivity index (χ4v) is 2.42. The molecule has 0 bridgehead atoms. The van der Waals surface area contributed by atoms with Gasteiger partial charge in [0.15, 0.2) is 17.3 Å². The van der Waals surface area contributed by atoms with Crippen molar-refractivity contribution in [3.63, 3.8) is 0 Å². The largest absolute Gasteiger partial charge is 0.493 e. The van der Waals surface area contributed by atoms with E-state index in [4.69, 9.17) is 19.9 Å². The molecule has 1 atom stereocenters. The van der Waals surface area contributed by atoms with E-state index < -0.39 is 0 Å². The van der Waals surface area contributed by atoms with Crippen molar-refractivity contribution in [2.75, 3.05) is 31.3 Å². The molecular weight excluding hydrogens is 296 g/mol. The second-order valence-corrected chi connectivity index (χ2v) is 5.21. The van der Waals surface area contributed by atoms with Gasteiger partial charge in [-0.1, -0.05) is 12.1 Å². The summed E-state index contributed by atoms with van der Waals surface area (Å²) < 4.78 is 16.6. The topological polar surface area (TPSA) is 91.5 Å². The van der Waals surface area contributed by atoms with E-state index in [1.807, 2.05) is 18.2 Å². The average molecular weight is 316 g/mol. The first kappa shape index (κ1) is 15.4. The summed E-state index contributed by atoms with van der Waals surface area (Å²) in [6, 6.07) is 7.32. The van der Waals surface area contributed by atoms with E-state index in [-0.39, 0.29) is 6.10 Å². The van der Waals surface area contributed by atoms with Crippen LogP contribution in [0.5, 0.6) is 17.4 Å². The van der Waals surface area contributed by atoms with Crippen LogP contribution in [0.25, 0.3) is 0 Å². The van der Waals surface area contributed by atoms with Crippen LogP contribution in [-0.4, -0.2) is 36.3 Å². The van der Waals surface area contributed by atoms with Crippen molar-refractivity contribution < 1.29 is 14.2 Å². The quantitative estimate of drug-likeness (QED) is 0.845. The highest BCUT2D eigenvalue weighted by molar-refractivity contribution is 5.67. The van der Waals surface area contributed by atoms with Gasteiger partial charge >= 0.3 is 0 Å². The van der Waals surface area contributed by atoms with Crippen molar-refractivity contribution in [2.24, 2.45) is 0 Å². The van der Waals surface area contributed by atoms with Gasteiger partial charge in [0.25, 0.3) is 0 Å². The van der Waals surface area contributed by atoms with E-state index in [1.54, 1.807) is 13.2 Å². The molecule has 2 heterocycles. The van der Waals surface area contributed by atoms with Gasteiger partial charge in [0, 0.05) is 13.2 Å². The highest BCUT2D eigenvalue weighted by Crippen LogP contribution is 2.34. The van der Waals surface area contributed by atoms with Crippen molar-refractivity contribution in [2.45, 2.75) is 18.9 Å². The van der Waals surface area contributed by atoms with Crippen molar-refractivity contribution in [3.8, 4) is 17.4 Å². The Morgan fingerprint density at radius 1 is 1.30 bits per heavy atom. The molecule has 122 valence electrons. The second kappa shape index (κ2) is 7.15. The van der Waals surface area contributed by atoms with Crippen LogP contribution < -0.4 is 20.5 Å². The number of nitrogens with zero attached hydrogens (tertiary/aromatic N) is 2. The minimum absolute atomic E-state index is 0.197. The van der Waals surface area contributed by atoms with Crippen molar-refractivity contribution in [1.29, 1.82) is 0 Å². The Balaban J connectivity index is 1.73. The molecule has 7 nitrogen and oxygen atoms in total. The van der Waals surface area contributed by atoms with Crippen molar-refractivity contribution in [3.05, 3.63) is 30.6 Å². The number of rotatable bonds is 6. The van der Waals surface area contributed by atoms with E-state index in [0.717, 1.165) is 19.4 Å². The molecule has 0 radical (unpaired) electrons. The van der Waals surface area contributed by atoms with Gasteiger partial charge in [-0.3, -0.25) is 0 Å². The first-order valence-electron chi connectivity index (χ1n) is 7.54. The lowest BCUT2D eigenvalue weighted by molar-refractivity contribution is 0.120. The summed E-state index contributed by atoms with van der Waals surface area (Å²) in [5.41, 5.74) is 6.47. The Morgan fingerprint density at radius 3 is 2.87 bits per heavy atom. The van der Waals surface area contributed by atoms with Gasteiger partial charge in [-0.2, -0.15) is 4.98 Å². The number of anilines is 2. The lowest BCUT2D eigenvalue weighted by atomic mass is 10.2. The molecule has 1 unspecified atom stereocenters. The Hall–Kier alpha value is -2.54. The van der Waals surface area contributed by atoms with Gasteiger partial charge in [-0.15, -0.1) is 0 Å². The third-order valence-corrected chi connectivity index (χ3v) is 3.64. The fraction of sp³-hybridized carbons (Fsp3) is 0.375. The molecule has 1 saturated heterocycles. The van der Waals surface area contributed by atoms with Crippen LogP contribution in [-0.2, 0) is 4.74 Å². The smallest absolute Gasteiger partial charge is 0.248 e. The molecule has 1 fully saturated rings. The van der Waals surface area contributed by atoms with Gasteiger partial charge in [0.1, 0.15) is 12.0 Å². The maximum absolute atomic E-state index is 6.11. The highest BCUT2D eigenvalue weighted by Gasteiger charge is 2.17. The average Bonchev–Trinajstić information content (AvgIpc) is 3.09. The predicted molar refractivity (Wildman–Crippen MR) is 87.0 cm³/mol. The fourth-order valence-electron chi connectivity index (χ4n) is 2.42. The number of hydrogen-bond donors (Lipinski definition) is 2. The van der Waals surface area contributed by atoms with Crippen LogP contribution in [0.3, 0.4) is 0 Å². The number of ether oxygens (including phenoxy) is 3. The third-order valence-electron chi connectivity index (χ3n) is 3.64. The van der Waals surface area contributed by atoms with E-state index in [9.17, 15) is 0 Å². The molecule has 0 spiro atoms. The number of hydrogen-bond acceptors (Lipinski definition) is 7. The summed E-state index contributed by atoms with van der Waals surface area (Å²) in [5, 5.41) is 3.20. The minimum atomic E-state index is 0.197. The van der Waals surface area contributed by atoms with E-state index in [0.29, 0.717) is 35.4 Å². The molecule has 1 aliphatic rings. The summed E-state index contributed by atoms with van der Waals surface area (Å²) in [7, 11) is 1.58. The van der Waals surface area contributed by atoms with Crippen molar-refractivity contribution in [1.82, 2.24) is 9.97 Å². The van der Waals surface area contributed by atoms with Gasteiger partial charge < -0.3 is 25.3 Å². The number of para-hydroxylation sites is 2. The SMILES string of the molecule is COc1ccccc1Oc1ncnc(NCC2CCCO2)c1N. The number of nitrogens with one attached hydrogen (secondary N) is 1. The monoisotopic (exact) mass is 316 g/mol. The normalized spacial score (nSPS) is 17.0. The Kier molecular flexibility index (Phi) is 4.77. The second-order valence-electron chi connectivity index (χ2n) is 5.21. The zero-order valence-corrected chi connectivity index (χ0v) is 13.0. The summed E-state index contributed by atoms with van der Waals surface area (Å²) in [4.78, 5) is 8.27. The molecule has 3 rings (SSSR count). The van der Waals surface area contributed by atoms with Gasteiger partial charge in [0.05, 0.1) is 13.2 Å². The maximum atomic E-state index is 6.11. The predicted octanol–water partition coefficient (Wildman–Crippen LogP) is 2.45. The maximum Gasteiger partial charge on any atom is 0.248 e. The third kappa shape index (κ3) is 3.62. The summed E-state index contributed by atoms with van der Waals surface area (Å²) in [6.07, 6.45) is 3.75. The van der Waals surface area contributed by atoms with Crippen LogP contribution >= 0.6 is 0 Å². The molecule has 1 aromatic carbocycles. The summed E-state index contributed by atoms with van der Waals surface area (Å²) >= 11 is 0. The molecule has 7 heteroatoms. The number of nitrogen functional groups attached to an aromatic ring is 1. The number of benzene rings is 1. The van der Waals surface area contributed by atoms with Crippen LogP contribution in [0.15, 0.2) is 30.6 Å². The van der Waals surface area contributed by atoms with Crippen LogP contribution in [0.2, 0.25) is 0 Å². The lowest BCUT2D eigenvalue weighted by Gasteiger charge is -2.15. The number of nitrogens with two attached hydrogens (primary N) is 1. The summed E-state index contributed by atoms with van der Waals surface area (Å²) in [6.45, 7) is 1.48. The number of aromatic nitrogens is 2. The Labute approximate surface area is 134 Å². The zero-order valence-electron chi connectivity index (χ0n) is 13.0. The van der Waals surface area contributed by atoms with E-state index in [2.05, 4.69) is 15.3 Å². The van der Waals surface area contributed by atoms with Gasteiger partial charge in [0.2, 0.25) is 5.88 Å². The number of methoxy groups -OCH3 is 1. The first-order valence-corrected chi connectivity index (χ1v) is 7.54. The van der Waals surface area contributed by atoms with Gasteiger partial charge in [-0.25, -0.2) is 4.98 Å². The minimum Gasteiger partial charge on any atom is -0.493 e. The molecule has 0 amide bonds. The van der Waals surface area contributed by atoms with Crippen molar-refractivity contribution >= 4 is 11.5 Å². The molecule has 1 aliphatic heterocycles. The van der Waals surface area contributed by atoms with Crippen LogP contribution in [0.1, 0.15) is 12.8 Å². The Bertz CT molecular complexity index is 660. The zero-order chi connectivity index (χ0) is 16.1. The molecule has 0 saturated carbocycles. The van der Waals surface area contributed by atoms with Crippen LogP contribution in [0.4, 0.5) is 11.5 Å². The molecule has 1 aromatic heterocycles. The molecule has 23 heavy (non-hydrogen) atoms. The molecule has 3 N–H and O–H groups in total. The van der Waals surface area contributed by atoms with E-state index in [1.165, 1.54) is 6.33 Å². The molecule has 2 aromatic rings. The first-order chi connectivity index (χ1) is 11.3. The van der Waals surface area contributed by atoms with Crippen LogP contribution in [0, 0.1) is 0 Å². The molecule has 0 aliphatic carbocycles. The summed E-state index contributed by atoms with van der Waals surface area (Å²) in [5.74, 6) is 1.99. The molecular formula is C16H20N4O3. The standard InChI is InChI=1S/C16H20N4O3/c1-21-12-6-2-3-7-13(12)23-16-14(17)15(19-10-20-16)18-9-11-5-4-8-22-11/h2-3,6-7,10-11H,4-5,8-9,17H2,1H3,(H,18,19,20).